The largest absolute Gasteiger partial charge is 0.385 e. The van der Waals surface area contributed by atoms with Crippen LogP contribution in [0.1, 0.15) is 109 Å². The first-order valence-corrected chi connectivity index (χ1v) is 11.9. The second-order valence-electron chi connectivity index (χ2n) is 8.13. The van der Waals surface area contributed by atoms with Gasteiger partial charge in [0, 0.05) is 12.2 Å². The predicted octanol–water partition coefficient (Wildman–Crippen LogP) is 8.72. The van der Waals surface area contributed by atoms with Crippen molar-refractivity contribution in [3.63, 3.8) is 0 Å². The highest BCUT2D eigenvalue weighted by Crippen LogP contribution is 2.12. The lowest BCUT2D eigenvalue weighted by Gasteiger charge is -2.09. The Kier molecular flexibility index (Phi) is 16.5. The lowest BCUT2D eigenvalue weighted by atomic mass is 10.1. The standard InChI is InChI=1S/C27H45N/c1-3-4-5-6-7-8-9-10-11-12-13-14-15-16-17-19-22-26(2)28-25-27-23-20-18-21-24-27/h10-11,18,20-21,23-24,28H,2-9,12-17,19,22,25H2,1H3/b11-10-. The summed E-state index contributed by atoms with van der Waals surface area (Å²) in [6, 6.07) is 10.6. The Morgan fingerprint density at radius 3 is 1.89 bits per heavy atom. The van der Waals surface area contributed by atoms with Gasteiger partial charge in [0.15, 0.2) is 0 Å². The molecule has 0 aromatic heterocycles. The smallest absolute Gasteiger partial charge is 0.0397 e. The third-order valence-electron chi connectivity index (χ3n) is 5.38. The van der Waals surface area contributed by atoms with Gasteiger partial charge in [-0.15, -0.1) is 0 Å². The van der Waals surface area contributed by atoms with E-state index in [0.717, 1.165) is 13.0 Å². The number of hydrogen-bond acceptors (Lipinski definition) is 1. The zero-order valence-corrected chi connectivity index (χ0v) is 18.6. The van der Waals surface area contributed by atoms with Crippen molar-refractivity contribution in [1.29, 1.82) is 0 Å². The van der Waals surface area contributed by atoms with E-state index in [0.29, 0.717) is 0 Å². The Hall–Kier alpha value is -1.50. The van der Waals surface area contributed by atoms with Crippen molar-refractivity contribution in [2.45, 2.75) is 110 Å². The fraction of sp³-hybridized carbons (Fsp3) is 0.630. The molecule has 1 aromatic carbocycles. The highest BCUT2D eigenvalue weighted by molar-refractivity contribution is 5.15. The van der Waals surface area contributed by atoms with E-state index >= 15 is 0 Å². The fourth-order valence-corrected chi connectivity index (χ4v) is 3.50. The lowest BCUT2D eigenvalue weighted by Crippen LogP contribution is -2.11. The normalized spacial score (nSPS) is 11.2. The number of benzene rings is 1. The van der Waals surface area contributed by atoms with Gasteiger partial charge in [-0.05, 0) is 44.1 Å². The second kappa shape index (κ2) is 18.8. The van der Waals surface area contributed by atoms with Gasteiger partial charge in [-0.25, -0.2) is 0 Å². The molecule has 0 spiro atoms. The van der Waals surface area contributed by atoms with Gasteiger partial charge in [0.2, 0.25) is 0 Å². The van der Waals surface area contributed by atoms with Crippen LogP contribution in [0.15, 0.2) is 54.8 Å². The molecule has 1 aromatic rings. The molecule has 0 aliphatic heterocycles. The fourth-order valence-electron chi connectivity index (χ4n) is 3.50. The summed E-state index contributed by atoms with van der Waals surface area (Å²) in [6.45, 7) is 7.34. The molecular weight excluding hydrogens is 338 g/mol. The van der Waals surface area contributed by atoms with Crippen molar-refractivity contribution in [1.82, 2.24) is 5.32 Å². The van der Waals surface area contributed by atoms with E-state index in [2.05, 4.69) is 61.3 Å². The molecule has 158 valence electrons. The number of unbranched alkanes of at least 4 members (excludes halogenated alkanes) is 12. The molecule has 0 bridgehead atoms. The maximum Gasteiger partial charge on any atom is 0.0397 e. The minimum atomic E-state index is 0.895. The second-order valence-corrected chi connectivity index (χ2v) is 8.13. The minimum absolute atomic E-state index is 0.895. The van der Waals surface area contributed by atoms with Crippen molar-refractivity contribution < 1.29 is 0 Å². The van der Waals surface area contributed by atoms with Gasteiger partial charge in [0.1, 0.15) is 0 Å². The summed E-state index contributed by atoms with van der Waals surface area (Å²) >= 11 is 0. The SMILES string of the molecule is C=C(CCCCCCCC/C=C\CCCCCCCC)NCc1ccccc1. The van der Waals surface area contributed by atoms with Crippen molar-refractivity contribution in [3.05, 3.63) is 60.3 Å². The van der Waals surface area contributed by atoms with Gasteiger partial charge in [-0.2, -0.15) is 0 Å². The van der Waals surface area contributed by atoms with E-state index in [9.17, 15) is 0 Å². The Bertz CT molecular complexity index is 488. The first-order chi connectivity index (χ1) is 13.8. The van der Waals surface area contributed by atoms with Crippen LogP contribution in [0.5, 0.6) is 0 Å². The van der Waals surface area contributed by atoms with Crippen molar-refractivity contribution in [3.8, 4) is 0 Å². The van der Waals surface area contributed by atoms with Crippen LogP contribution in [0, 0.1) is 0 Å². The van der Waals surface area contributed by atoms with Crippen molar-refractivity contribution in [2.24, 2.45) is 0 Å². The Morgan fingerprint density at radius 1 is 0.750 bits per heavy atom. The summed E-state index contributed by atoms with van der Waals surface area (Å²) in [6.07, 6.45) is 25.0. The van der Waals surface area contributed by atoms with E-state index in [4.69, 9.17) is 0 Å². The molecule has 0 fully saturated rings. The minimum Gasteiger partial charge on any atom is -0.385 e. The van der Waals surface area contributed by atoms with Crippen molar-refractivity contribution >= 4 is 0 Å². The topological polar surface area (TPSA) is 12.0 Å². The Morgan fingerprint density at radius 2 is 1.29 bits per heavy atom. The highest BCUT2D eigenvalue weighted by Gasteiger charge is 1.96. The van der Waals surface area contributed by atoms with Gasteiger partial charge < -0.3 is 5.32 Å². The van der Waals surface area contributed by atoms with Crippen LogP contribution in [0.25, 0.3) is 0 Å². The molecule has 1 heteroatoms. The van der Waals surface area contributed by atoms with Crippen LogP contribution >= 0.6 is 0 Å². The molecule has 0 heterocycles. The number of allylic oxidation sites excluding steroid dienone is 3. The first-order valence-electron chi connectivity index (χ1n) is 11.9. The van der Waals surface area contributed by atoms with Crippen LogP contribution in [-0.4, -0.2) is 0 Å². The number of hydrogen-bond donors (Lipinski definition) is 1. The Balaban J connectivity index is 1.80. The van der Waals surface area contributed by atoms with Crippen molar-refractivity contribution in [2.75, 3.05) is 0 Å². The lowest BCUT2D eigenvalue weighted by molar-refractivity contribution is 0.586. The highest BCUT2D eigenvalue weighted by atomic mass is 14.9. The molecule has 0 unspecified atom stereocenters. The molecule has 0 aliphatic carbocycles. The maximum absolute atomic E-state index is 4.16. The third kappa shape index (κ3) is 15.5. The zero-order chi connectivity index (χ0) is 20.1. The molecule has 1 rings (SSSR count). The van der Waals surface area contributed by atoms with Gasteiger partial charge in [0.05, 0.1) is 0 Å². The predicted molar refractivity (Wildman–Crippen MR) is 126 cm³/mol. The average Bonchev–Trinajstić information content (AvgIpc) is 2.72. The van der Waals surface area contributed by atoms with Gasteiger partial charge in [-0.1, -0.05) is 114 Å². The van der Waals surface area contributed by atoms with Crippen LogP contribution in [0.2, 0.25) is 0 Å². The molecule has 1 nitrogen and oxygen atoms in total. The summed E-state index contributed by atoms with van der Waals surface area (Å²) in [4.78, 5) is 0. The molecule has 0 radical (unpaired) electrons. The summed E-state index contributed by atoms with van der Waals surface area (Å²) in [5.74, 6) is 0. The van der Waals surface area contributed by atoms with E-state index < -0.39 is 0 Å². The van der Waals surface area contributed by atoms with E-state index in [1.54, 1.807) is 0 Å². The van der Waals surface area contributed by atoms with Crippen LogP contribution < -0.4 is 5.32 Å². The summed E-state index contributed by atoms with van der Waals surface area (Å²) < 4.78 is 0. The molecular formula is C27H45N. The van der Waals surface area contributed by atoms with Gasteiger partial charge >= 0.3 is 0 Å². The van der Waals surface area contributed by atoms with Gasteiger partial charge in [-0.3, -0.25) is 0 Å². The van der Waals surface area contributed by atoms with E-state index in [-0.39, 0.29) is 0 Å². The number of rotatable bonds is 19. The molecule has 1 N–H and O–H groups in total. The summed E-state index contributed by atoms with van der Waals surface area (Å²) in [5, 5.41) is 3.45. The molecule has 28 heavy (non-hydrogen) atoms. The molecule has 0 atom stereocenters. The quantitative estimate of drug-likeness (QED) is 0.186. The third-order valence-corrected chi connectivity index (χ3v) is 5.38. The molecule has 0 saturated carbocycles. The summed E-state index contributed by atoms with van der Waals surface area (Å²) in [7, 11) is 0. The Labute approximate surface area is 175 Å². The monoisotopic (exact) mass is 383 g/mol. The van der Waals surface area contributed by atoms with Crippen LogP contribution in [-0.2, 0) is 6.54 Å². The van der Waals surface area contributed by atoms with E-state index in [1.807, 2.05) is 0 Å². The molecule has 0 aliphatic rings. The molecule has 0 saturated heterocycles. The average molecular weight is 384 g/mol. The van der Waals surface area contributed by atoms with Crippen LogP contribution in [0.4, 0.5) is 0 Å². The first kappa shape index (κ1) is 24.5. The van der Waals surface area contributed by atoms with Gasteiger partial charge in [0.25, 0.3) is 0 Å². The molecule has 0 amide bonds. The van der Waals surface area contributed by atoms with Crippen LogP contribution in [0.3, 0.4) is 0 Å². The number of nitrogens with one attached hydrogen (secondary N) is 1. The zero-order valence-electron chi connectivity index (χ0n) is 18.6. The van der Waals surface area contributed by atoms with E-state index in [1.165, 1.54) is 101 Å². The summed E-state index contributed by atoms with van der Waals surface area (Å²) in [5.41, 5.74) is 2.50. The maximum atomic E-state index is 4.16.